The molecule has 0 aliphatic heterocycles. The second kappa shape index (κ2) is 10.5. The summed E-state index contributed by atoms with van der Waals surface area (Å²) in [5.41, 5.74) is 1.16. The molecule has 0 bridgehead atoms. The first-order chi connectivity index (χ1) is 12.5. The minimum atomic E-state index is -0.409. The average Bonchev–Trinajstić information content (AvgIpc) is 3.09. The van der Waals surface area contributed by atoms with E-state index in [1.54, 1.807) is 11.1 Å². The van der Waals surface area contributed by atoms with Crippen molar-refractivity contribution in [3.05, 3.63) is 54.1 Å². The van der Waals surface area contributed by atoms with Crippen LogP contribution >= 0.6 is 12.2 Å². The van der Waals surface area contributed by atoms with Crippen molar-refractivity contribution in [3.8, 4) is 0 Å². The van der Waals surface area contributed by atoms with Gasteiger partial charge >= 0.3 is 169 Å². The van der Waals surface area contributed by atoms with Gasteiger partial charge in [0, 0.05) is 0 Å². The van der Waals surface area contributed by atoms with E-state index in [4.69, 9.17) is 21.7 Å². The first-order valence-corrected chi connectivity index (χ1v) is 10.7. The number of carbonyl (C=O) groups is 1. The van der Waals surface area contributed by atoms with Crippen molar-refractivity contribution in [1.82, 2.24) is 17.6 Å². The maximum atomic E-state index is 11.3. The summed E-state index contributed by atoms with van der Waals surface area (Å²) in [5.74, 6) is 0.745. The molecular formula is C17H21N4O3STl. The second-order valence-corrected chi connectivity index (χ2v) is 7.21. The Hall–Kier alpha value is -1.69. The number of amides is 1. The molecule has 0 aliphatic rings. The molecule has 1 aromatic heterocycles. The number of nitrogens with one attached hydrogen (secondary N) is 1. The Balaban J connectivity index is 2.14. The summed E-state index contributed by atoms with van der Waals surface area (Å²) in [5, 5.41) is 0.359. The fraction of sp³-hybridized carbons (Fsp3) is 0.353. The van der Waals surface area contributed by atoms with Crippen LogP contribution in [-0.4, -0.2) is 72.5 Å². The number of imidazole rings is 1. The first-order valence-electron chi connectivity index (χ1n) is 8.07. The van der Waals surface area contributed by atoms with Crippen LogP contribution in [0.15, 0.2) is 42.7 Å². The van der Waals surface area contributed by atoms with Gasteiger partial charge in [0.1, 0.15) is 0 Å². The number of hydrogen-bond donors (Lipinski definition) is 1. The van der Waals surface area contributed by atoms with Crippen LogP contribution in [0.3, 0.4) is 0 Å². The van der Waals surface area contributed by atoms with Gasteiger partial charge < -0.3 is 0 Å². The summed E-state index contributed by atoms with van der Waals surface area (Å²) in [7, 11) is 3.64. The Morgan fingerprint density at radius 3 is 2.77 bits per heavy atom. The monoisotopic (exact) mass is 566 g/mol. The van der Waals surface area contributed by atoms with E-state index in [0.717, 1.165) is 11.4 Å². The van der Waals surface area contributed by atoms with E-state index in [1.165, 1.54) is 0 Å². The molecule has 1 atom stereocenters. The molecule has 0 unspecified atom stereocenters. The number of benzene rings is 1. The molecule has 1 N–H and O–H groups in total. The summed E-state index contributed by atoms with van der Waals surface area (Å²) in [6.45, 7) is 0.894. The van der Waals surface area contributed by atoms with Crippen LogP contribution in [0, 0.1) is 0 Å². The minimum absolute atomic E-state index is 0.220. The molecule has 1 amide bonds. The van der Waals surface area contributed by atoms with Crippen LogP contribution < -0.4 is 3.13 Å². The SMILES string of the molecule is CN(C)C(=S)O[C@@H](CCOC(=O)[NH][Tl])c1nccn1Cc1ccccc1. The molecule has 2 rings (SSSR count). The molecule has 26 heavy (non-hydrogen) atoms. The normalized spacial score (nSPS) is 11.4. The maximum absolute atomic E-state index is 11.3. The summed E-state index contributed by atoms with van der Waals surface area (Å²) in [6.07, 6.45) is 3.28. The van der Waals surface area contributed by atoms with E-state index in [0.29, 0.717) is 44.2 Å². The van der Waals surface area contributed by atoms with Crippen molar-refractivity contribution < 1.29 is 14.3 Å². The van der Waals surface area contributed by atoms with Gasteiger partial charge in [-0.3, -0.25) is 0 Å². The molecule has 136 valence electrons. The van der Waals surface area contributed by atoms with Crippen LogP contribution in [0.25, 0.3) is 0 Å². The summed E-state index contributed by atoms with van der Waals surface area (Å²) in [4.78, 5) is 17.5. The van der Waals surface area contributed by atoms with E-state index in [-0.39, 0.29) is 6.61 Å². The van der Waals surface area contributed by atoms with Crippen LogP contribution in [0.2, 0.25) is 0 Å². The van der Waals surface area contributed by atoms with Crippen molar-refractivity contribution >= 4 is 49.6 Å². The number of rotatable bonds is 7. The van der Waals surface area contributed by atoms with Crippen molar-refractivity contribution in [2.75, 3.05) is 20.7 Å². The van der Waals surface area contributed by atoms with Gasteiger partial charge in [-0.15, -0.1) is 0 Å². The third-order valence-corrected chi connectivity index (χ3v) is 4.95. The molecule has 0 saturated heterocycles. The number of hydrogen-bond acceptors (Lipinski definition) is 5. The van der Waals surface area contributed by atoms with Gasteiger partial charge in [-0.05, 0) is 0 Å². The van der Waals surface area contributed by atoms with Gasteiger partial charge in [0.15, 0.2) is 0 Å². The summed E-state index contributed by atoms with van der Waals surface area (Å²) < 4.78 is 15.7. The molecule has 0 spiro atoms. The Morgan fingerprint density at radius 2 is 2.12 bits per heavy atom. The fourth-order valence-corrected chi connectivity index (χ4v) is 2.73. The third-order valence-electron chi connectivity index (χ3n) is 3.57. The number of ether oxygens (including phenoxy) is 2. The van der Waals surface area contributed by atoms with Crippen molar-refractivity contribution in [1.29, 1.82) is 0 Å². The molecule has 0 saturated carbocycles. The van der Waals surface area contributed by atoms with E-state index >= 15 is 0 Å². The number of thiocarbonyl (C=S) groups is 1. The van der Waals surface area contributed by atoms with Gasteiger partial charge in [-0.1, -0.05) is 6.07 Å². The number of carbonyl (C=O) groups excluding carboxylic acids is 1. The molecule has 1 aromatic carbocycles. The van der Waals surface area contributed by atoms with Gasteiger partial charge in [0.05, 0.1) is 0 Å². The Morgan fingerprint density at radius 1 is 1.38 bits per heavy atom. The molecule has 0 aliphatic carbocycles. The number of nitrogens with zero attached hydrogens (tertiary/aromatic N) is 3. The van der Waals surface area contributed by atoms with Crippen LogP contribution in [0.5, 0.6) is 0 Å². The zero-order valence-electron chi connectivity index (χ0n) is 14.8. The van der Waals surface area contributed by atoms with Crippen LogP contribution in [0.1, 0.15) is 23.9 Å². The van der Waals surface area contributed by atoms with Crippen molar-refractivity contribution in [2.45, 2.75) is 19.1 Å². The third kappa shape index (κ3) is 6.24. The molecule has 0 fully saturated rings. The predicted molar refractivity (Wildman–Crippen MR) is 103 cm³/mol. The molecule has 2 aromatic rings. The predicted octanol–water partition coefficient (Wildman–Crippen LogP) is 2.04. The zero-order chi connectivity index (χ0) is 18.9. The van der Waals surface area contributed by atoms with E-state index in [9.17, 15) is 4.79 Å². The van der Waals surface area contributed by atoms with Crippen molar-refractivity contribution in [3.63, 3.8) is 0 Å². The Kier molecular flexibility index (Phi) is 8.29. The van der Waals surface area contributed by atoms with Crippen LogP contribution in [-0.2, 0) is 16.0 Å². The quantitative estimate of drug-likeness (QED) is 0.410. The molecule has 1 heterocycles. The van der Waals surface area contributed by atoms with Gasteiger partial charge in [-0.2, -0.15) is 0 Å². The van der Waals surface area contributed by atoms with Crippen molar-refractivity contribution in [2.24, 2.45) is 0 Å². The fourth-order valence-electron chi connectivity index (χ4n) is 2.29. The Labute approximate surface area is 174 Å². The topological polar surface area (TPSA) is 68.6 Å². The molecule has 7 nitrogen and oxygen atoms in total. The standard InChI is InChI=1S/C17H22N4O3S.Tl/c1-20(2)17(25)24-14(8-11-23-16(18)22)15-19-9-10-21(15)12-13-6-4-3-5-7-13;/h3-7,9-10,14H,8,11-12H2,1-2H3,(H2,18,22);/q;+1/p-1/t14-;/m0./s1. The summed E-state index contributed by atoms with van der Waals surface area (Å²) in [6, 6.07) is 10.1. The van der Waals surface area contributed by atoms with Crippen LogP contribution in [0.4, 0.5) is 4.79 Å². The molecular weight excluding hydrogens is 545 g/mol. The molecule has 0 radical (unpaired) electrons. The number of aromatic nitrogens is 2. The molecule has 9 heteroatoms. The van der Waals surface area contributed by atoms with E-state index < -0.39 is 12.2 Å². The second-order valence-electron chi connectivity index (χ2n) is 5.73. The van der Waals surface area contributed by atoms with E-state index in [1.807, 2.05) is 43.1 Å². The first kappa shape index (κ1) is 20.6. The van der Waals surface area contributed by atoms with Gasteiger partial charge in [0.25, 0.3) is 0 Å². The average molecular weight is 566 g/mol. The summed E-state index contributed by atoms with van der Waals surface area (Å²) >= 11 is 5.63. The van der Waals surface area contributed by atoms with E-state index in [2.05, 4.69) is 20.2 Å². The zero-order valence-corrected chi connectivity index (χ0v) is 20.1. The Bertz CT molecular complexity index is 724. The van der Waals surface area contributed by atoms with Gasteiger partial charge in [-0.25, -0.2) is 0 Å². The van der Waals surface area contributed by atoms with Gasteiger partial charge in [0.2, 0.25) is 0 Å².